The highest BCUT2D eigenvalue weighted by atomic mass is 32.2. The number of amides is 1. The summed E-state index contributed by atoms with van der Waals surface area (Å²) >= 11 is 0. The molecule has 7 nitrogen and oxygen atoms in total. The Balaban J connectivity index is 1.52. The van der Waals surface area contributed by atoms with Gasteiger partial charge in [-0.2, -0.15) is 0 Å². The Labute approximate surface area is 201 Å². The lowest BCUT2D eigenvalue weighted by molar-refractivity contribution is -0.139. The van der Waals surface area contributed by atoms with Crippen LogP contribution < -0.4 is 9.46 Å². The van der Waals surface area contributed by atoms with E-state index in [1.807, 2.05) is 24.3 Å². The van der Waals surface area contributed by atoms with E-state index in [-0.39, 0.29) is 11.9 Å². The number of fused-ring (bicyclic) bond motifs is 1. The predicted octanol–water partition coefficient (Wildman–Crippen LogP) is 3.83. The van der Waals surface area contributed by atoms with Gasteiger partial charge in [-0.05, 0) is 74.1 Å². The van der Waals surface area contributed by atoms with Crippen molar-refractivity contribution in [2.24, 2.45) is 0 Å². The summed E-state index contributed by atoms with van der Waals surface area (Å²) < 4.78 is 31.7. The van der Waals surface area contributed by atoms with Crippen LogP contribution >= 0.6 is 0 Å². The van der Waals surface area contributed by atoms with Crippen molar-refractivity contribution in [2.45, 2.75) is 45.8 Å². The maximum absolute atomic E-state index is 13.0. The number of pyridine rings is 1. The van der Waals surface area contributed by atoms with Gasteiger partial charge in [-0.25, -0.2) is 13.1 Å². The number of carbonyl (C=O) groups is 1. The molecule has 1 aliphatic heterocycles. The first-order chi connectivity index (χ1) is 16.1. The summed E-state index contributed by atoms with van der Waals surface area (Å²) in [4.78, 5) is 19.2. The van der Waals surface area contributed by atoms with Gasteiger partial charge in [0.25, 0.3) is 5.91 Å². The van der Waals surface area contributed by atoms with Crippen LogP contribution in [0.15, 0.2) is 48.7 Å². The van der Waals surface area contributed by atoms with Gasteiger partial charge in [-0.3, -0.25) is 9.78 Å². The second kappa shape index (κ2) is 9.72. The monoisotopic (exact) mass is 481 g/mol. The minimum absolute atomic E-state index is 0.155. The van der Waals surface area contributed by atoms with Crippen molar-refractivity contribution in [1.29, 1.82) is 0 Å². The second-order valence-electron chi connectivity index (χ2n) is 9.08. The van der Waals surface area contributed by atoms with Crippen molar-refractivity contribution in [3.8, 4) is 16.9 Å². The molecule has 1 saturated heterocycles. The molecule has 0 radical (unpaired) electrons. The molecular weight excluding hydrogens is 450 g/mol. The molecule has 180 valence electrons. The molecule has 2 heterocycles. The van der Waals surface area contributed by atoms with Gasteiger partial charge in [0.05, 0.1) is 11.8 Å². The smallest absolute Gasteiger partial charge is 0.263 e. The van der Waals surface area contributed by atoms with Crippen LogP contribution in [0.4, 0.5) is 0 Å². The molecule has 0 aliphatic carbocycles. The summed E-state index contributed by atoms with van der Waals surface area (Å²) in [7, 11) is -3.32. The minimum atomic E-state index is -3.32. The van der Waals surface area contributed by atoms with Crippen LogP contribution in [-0.4, -0.2) is 55.7 Å². The molecule has 1 unspecified atom stereocenters. The summed E-state index contributed by atoms with van der Waals surface area (Å²) in [5.41, 5.74) is 5.53. The van der Waals surface area contributed by atoms with E-state index in [9.17, 15) is 13.2 Å². The topological polar surface area (TPSA) is 88.6 Å². The number of benzene rings is 2. The number of nitrogens with one attached hydrogen (secondary N) is 1. The zero-order valence-electron chi connectivity index (χ0n) is 20.0. The average Bonchev–Trinajstić information content (AvgIpc) is 2.77. The largest absolute Gasteiger partial charge is 0.481 e. The Hall–Kier alpha value is -2.97. The number of aromatic nitrogens is 1. The van der Waals surface area contributed by atoms with Crippen molar-refractivity contribution in [3.63, 3.8) is 0 Å². The summed E-state index contributed by atoms with van der Waals surface area (Å²) in [5, 5.41) is 1.02. The first kappa shape index (κ1) is 24.2. The van der Waals surface area contributed by atoms with Gasteiger partial charge < -0.3 is 9.64 Å². The number of nitrogens with zero attached hydrogens (tertiary/aromatic N) is 2. The fraction of sp³-hybridized carbons (Fsp3) is 0.385. The van der Waals surface area contributed by atoms with E-state index in [1.165, 1.54) is 16.7 Å². The number of aryl methyl sites for hydroxylation is 2. The van der Waals surface area contributed by atoms with Gasteiger partial charge in [0, 0.05) is 36.8 Å². The number of ether oxygens (including phenoxy) is 1. The fourth-order valence-electron chi connectivity index (χ4n) is 4.75. The van der Waals surface area contributed by atoms with Crippen LogP contribution in [0.3, 0.4) is 0 Å². The van der Waals surface area contributed by atoms with Gasteiger partial charge in [-0.15, -0.1) is 0 Å². The van der Waals surface area contributed by atoms with Gasteiger partial charge in [0.15, 0.2) is 6.10 Å². The zero-order valence-corrected chi connectivity index (χ0v) is 20.9. The Kier molecular flexibility index (Phi) is 6.91. The number of hydrogen-bond acceptors (Lipinski definition) is 5. The van der Waals surface area contributed by atoms with Crippen LogP contribution in [0, 0.1) is 13.8 Å². The second-order valence-corrected chi connectivity index (χ2v) is 10.9. The number of rotatable bonds is 6. The van der Waals surface area contributed by atoms with E-state index < -0.39 is 16.1 Å². The molecule has 1 amide bonds. The Morgan fingerprint density at radius 3 is 2.62 bits per heavy atom. The Morgan fingerprint density at radius 1 is 1.18 bits per heavy atom. The van der Waals surface area contributed by atoms with Gasteiger partial charge >= 0.3 is 0 Å². The third-order valence-corrected chi connectivity index (χ3v) is 7.00. The number of sulfonamides is 1. The standard InChI is InChI=1S/C26H31N3O4S/c1-17-7-5-8-18(2)25(17)23-12-13-27-24-15-21(10-11-22(23)24)33-19(3)26(30)29-14-6-9-20(16-29)28-34(4,31)32/h5,7-8,10-13,15,19-20,28H,6,9,14,16H2,1-4H3/t19?,20-/m0/s1. The number of carbonyl (C=O) groups excluding carboxylic acids is 1. The average molecular weight is 482 g/mol. The molecule has 3 aromatic rings. The molecule has 0 bridgehead atoms. The van der Waals surface area contributed by atoms with Crippen LogP contribution in [0.25, 0.3) is 22.0 Å². The molecule has 2 atom stereocenters. The molecule has 1 fully saturated rings. The third-order valence-electron chi connectivity index (χ3n) is 6.24. The van der Waals surface area contributed by atoms with Crippen molar-refractivity contribution in [1.82, 2.24) is 14.6 Å². The molecule has 4 rings (SSSR count). The van der Waals surface area contributed by atoms with Gasteiger partial charge in [0.2, 0.25) is 10.0 Å². The quantitative estimate of drug-likeness (QED) is 0.578. The molecule has 8 heteroatoms. The molecule has 1 aromatic heterocycles. The summed E-state index contributed by atoms with van der Waals surface area (Å²) in [6, 6.07) is 13.8. The molecule has 34 heavy (non-hydrogen) atoms. The van der Waals surface area contributed by atoms with E-state index in [4.69, 9.17) is 4.74 Å². The van der Waals surface area contributed by atoms with Crippen molar-refractivity contribution in [2.75, 3.05) is 19.3 Å². The predicted molar refractivity (Wildman–Crippen MR) is 134 cm³/mol. The number of hydrogen-bond donors (Lipinski definition) is 1. The molecular formula is C26H31N3O4S. The Bertz CT molecular complexity index is 1300. The highest BCUT2D eigenvalue weighted by molar-refractivity contribution is 7.88. The molecule has 2 aromatic carbocycles. The van der Waals surface area contributed by atoms with E-state index in [0.29, 0.717) is 25.3 Å². The van der Waals surface area contributed by atoms with Crippen molar-refractivity contribution < 1.29 is 17.9 Å². The van der Waals surface area contributed by atoms with Crippen LogP contribution in [0.1, 0.15) is 30.9 Å². The maximum atomic E-state index is 13.0. The lowest BCUT2D eigenvalue weighted by Crippen LogP contribution is -2.52. The highest BCUT2D eigenvalue weighted by Crippen LogP contribution is 2.34. The summed E-state index contributed by atoms with van der Waals surface area (Å²) in [6.07, 6.45) is 3.69. The number of piperidine rings is 1. The maximum Gasteiger partial charge on any atom is 0.263 e. The molecule has 1 aliphatic rings. The summed E-state index contributed by atoms with van der Waals surface area (Å²) in [5.74, 6) is 0.416. The van der Waals surface area contributed by atoms with Crippen LogP contribution in [0.2, 0.25) is 0 Å². The SMILES string of the molecule is Cc1cccc(C)c1-c1ccnc2cc(OC(C)C(=O)N3CCC[C@H](NS(C)(=O)=O)C3)ccc12. The van der Waals surface area contributed by atoms with E-state index in [1.54, 1.807) is 18.0 Å². The molecule has 1 N–H and O–H groups in total. The molecule has 0 spiro atoms. The van der Waals surface area contributed by atoms with Crippen molar-refractivity contribution >= 4 is 26.8 Å². The van der Waals surface area contributed by atoms with E-state index in [2.05, 4.69) is 41.8 Å². The Morgan fingerprint density at radius 2 is 1.91 bits per heavy atom. The lowest BCUT2D eigenvalue weighted by atomic mass is 9.93. The van der Waals surface area contributed by atoms with Gasteiger partial charge in [-0.1, -0.05) is 18.2 Å². The van der Waals surface area contributed by atoms with Crippen LogP contribution in [0.5, 0.6) is 5.75 Å². The normalized spacial score (nSPS) is 17.5. The first-order valence-corrected chi connectivity index (χ1v) is 13.4. The lowest BCUT2D eigenvalue weighted by Gasteiger charge is -2.34. The van der Waals surface area contributed by atoms with Crippen molar-refractivity contribution in [3.05, 3.63) is 59.8 Å². The van der Waals surface area contributed by atoms with E-state index in [0.717, 1.165) is 29.1 Å². The van der Waals surface area contributed by atoms with Gasteiger partial charge in [0.1, 0.15) is 5.75 Å². The number of likely N-dealkylation sites (tertiary alicyclic amines) is 1. The fourth-order valence-corrected chi connectivity index (χ4v) is 5.54. The summed E-state index contributed by atoms with van der Waals surface area (Å²) in [6.45, 7) is 6.87. The minimum Gasteiger partial charge on any atom is -0.481 e. The zero-order chi connectivity index (χ0) is 24.5. The van der Waals surface area contributed by atoms with E-state index >= 15 is 0 Å². The molecule has 0 saturated carbocycles. The highest BCUT2D eigenvalue weighted by Gasteiger charge is 2.29. The first-order valence-electron chi connectivity index (χ1n) is 11.5. The van der Waals surface area contributed by atoms with Crippen LogP contribution in [-0.2, 0) is 14.8 Å². The third kappa shape index (κ3) is 5.39.